The van der Waals surface area contributed by atoms with E-state index >= 15 is 0 Å². The largest absolute Gasteiger partial charge is 0.310 e. The normalized spacial score (nSPS) is 23.9. The van der Waals surface area contributed by atoms with E-state index in [-0.39, 0.29) is 0 Å². The maximum Gasteiger partial charge on any atom is 0.0137 e. The number of hydrogen-bond acceptors (Lipinski definition) is 1. The molecular formula is C10H19N. The van der Waals surface area contributed by atoms with E-state index < -0.39 is 0 Å². The average Bonchev–Trinajstić information content (AvgIpc) is 2.07. The highest BCUT2D eigenvalue weighted by Crippen LogP contribution is 2.08. The molecule has 0 fully saturated rings. The minimum Gasteiger partial charge on any atom is -0.310 e. The lowest BCUT2D eigenvalue weighted by molar-refractivity contribution is 0.469. The summed E-state index contributed by atoms with van der Waals surface area (Å²) in [7, 11) is 0. The second-order valence-electron chi connectivity index (χ2n) is 3.31. The first-order valence-corrected chi connectivity index (χ1v) is 4.82. The molecule has 1 unspecified atom stereocenters. The van der Waals surface area contributed by atoms with Gasteiger partial charge in [-0.25, -0.2) is 0 Å². The van der Waals surface area contributed by atoms with Gasteiger partial charge in [-0.15, -0.1) is 0 Å². The van der Waals surface area contributed by atoms with Crippen LogP contribution >= 0.6 is 0 Å². The summed E-state index contributed by atoms with van der Waals surface area (Å²) in [6.45, 7) is 3.34. The van der Waals surface area contributed by atoms with Crippen molar-refractivity contribution < 1.29 is 0 Å². The number of nitrogens with one attached hydrogen (secondary N) is 1. The molecule has 0 amide bonds. The Balaban J connectivity index is 2.02. The summed E-state index contributed by atoms with van der Waals surface area (Å²) >= 11 is 0. The summed E-state index contributed by atoms with van der Waals surface area (Å²) in [6, 6.07) is 0.770. The Kier molecular flexibility index (Phi) is 4.29. The number of rotatable bonds is 4. The molecule has 1 nitrogen and oxygen atoms in total. The van der Waals surface area contributed by atoms with Gasteiger partial charge in [-0.05, 0) is 12.8 Å². The van der Waals surface area contributed by atoms with Crippen LogP contribution in [0.25, 0.3) is 0 Å². The minimum atomic E-state index is 0.770. The Morgan fingerprint density at radius 2 is 2.27 bits per heavy atom. The fraction of sp³-hybridized carbons (Fsp3) is 0.800. The topological polar surface area (TPSA) is 12.0 Å². The molecule has 1 atom stereocenters. The first-order chi connectivity index (χ1) is 5.43. The quantitative estimate of drug-likeness (QED) is 0.483. The molecule has 64 valence electrons. The van der Waals surface area contributed by atoms with E-state index in [1.54, 1.807) is 0 Å². The van der Waals surface area contributed by atoms with Gasteiger partial charge in [0.15, 0.2) is 0 Å². The van der Waals surface area contributed by atoms with Crippen molar-refractivity contribution >= 4 is 0 Å². The van der Waals surface area contributed by atoms with E-state index in [9.17, 15) is 0 Å². The zero-order valence-electron chi connectivity index (χ0n) is 7.47. The molecule has 1 aliphatic rings. The molecule has 1 N–H and O–H groups in total. The molecule has 1 aliphatic heterocycles. The van der Waals surface area contributed by atoms with Gasteiger partial charge in [-0.3, -0.25) is 0 Å². The van der Waals surface area contributed by atoms with Crippen LogP contribution in [0.5, 0.6) is 0 Å². The zero-order chi connectivity index (χ0) is 7.94. The fourth-order valence-corrected chi connectivity index (χ4v) is 1.52. The van der Waals surface area contributed by atoms with Gasteiger partial charge in [-0.2, -0.15) is 0 Å². The minimum absolute atomic E-state index is 0.770. The average molecular weight is 153 g/mol. The van der Waals surface area contributed by atoms with E-state index in [1.807, 2.05) is 0 Å². The van der Waals surface area contributed by atoms with Crippen LogP contribution < -0.4 is 5.32 Å². The molecule has 0 spiro atoms. The molecule has 1 heteroatoms. The van der Waals surface area contributed by atoms with Gasteiger partial charge < -0.3 is 5.32 Å². The van der Waals surface area contributed by atoms with Crippen molar-refractivity contribution in [1.82, 2.24) is 5.32 Å². The smallest absolute Gasteiger partial charge is 0.0137 e. The van der Waals surface area contributed by atoms with Crippen LogP contribution in [0.4, 0.5) is 0 Å². The van der Waals surface area contributed by atoms with Gasteiger partial charge in [-0.1, -0.05) is 38.3 Å². The van der Waals surface area contributed by atoms with Crippen molar-refractivity contribution in [2.45, 2.75) is 45.1 Å². The van der Waals surface area contributed by atoms with Gasteiger partial charge in [0.25, 0.3) is 0 Å². The van der Waals surface area contributed by atoms with E-state index in [1.165, 1.54) is 32.1 Å². The van der Waals surface area contributed by atoms with Crippen LogP contribution in [-0.4, -0.2) is 12.6 Å². The molecule has 0 saturated heterocycles. The molecule has 0 aromatic carbocycles. The van der Waals surface area contributed by atoms with Crippen LogP contribution in [-0.2, 0) is 0 Å². The van der Waals surface area contributed by atoms with Crippen molar-refractivity contribution in [2.24, 2.45) is 0 Å². The highest BCUT2D eigenvalue weighted by atomic mass is 14.9. The maximum absolute atomic E-state index is 3.49. The molecule has 0 bridgehead atoms. The predicted octanol–water partition coefficient (Wildman–Crippen LogP) is 2.48. The SMILES string of the molecule is CCCCCC1CC=CCN1. The summed E-state index contributed by atoms with van der Waals surface area (Å²) in [5, 5.41) is 3.49. The van der Waals surface area contributed by atoms with Crippen LogP contribution in [0.3, 0.4) is 0 Å². The van der Waals surface area contributed by atoms with Gasteiger partial charge in [0, 0.05) is 12.6 Å². The van der Waals surface area contributed by atoms with Gasteiger partial charge in [0.05, 0.1) is 0 Å². The Morgan fingerprint density at radius 3 is 2.91 bits per heavy atom. The third-order valence-corrected chi connectivity index (χ3v) is 2.27. The van der Waals surface area contributed by atoms with Crippen molar-refractivity contribution in [2.75, 3.05) is 6.54 Å². The second-order valence-corrected chi connectivity index (χ2v) is 3.31. The van der Waals surface area contributed by atoms with E-state index in [2.05, 4.69) is 24.4 Å². The molecule has 0 saturated carbocycles. The molecule has 1 rings (SSSR count). The summed E-state index contributed by atoms with van der Waals surface area (Å²) < 4.78 is 0. The first-order valence-electron chi connectivity index (χ1n) is 4.82. The van der Waals surface area contributed by atoms with Crippen molar-refractivity contribution in [3.63, 3.8) is 0 Å². The van der Waals surface area contributed by atoms with E-state index in [4.69, 9.17) is 0 Å². The lowest BCUT2D eigenvalue weighted by Gasteiger charge is -2.19. The van der Waals surface area contributed by atoms with Crippen molar-refractivity contribution in [3.8, 4) is 0 Å². The molecule has 0 aromatic heterocycles. The predicted molar refractivity (Wildman–Crippen MR) is 49.7 cm³/mol. The molecular weight excluding hydrogens is 134 g/mol. The lowest BCUT2D eigenvalue weighted by Crippen LogP contribution is -2.31. The highest BCUT2D eigenvalue weighted by molar-refractivity contribution is 4.93. The zero-order valence-corrected chi connectivity index (χ0v) is 7.47. The molecule has 11 heavy (non-hydrogen) atoms. The summed E-state index contributed by atoms with van der Waals surface area (Å²) in [5.41, 5.74) is 0. The molecule has 0 radical (unpaired) electrons. The highest BCUT2D eigenvalue weighted by Gasteiger charge is 2.06. The van der Waals surface area contributed by atoms with Crippen LogP contribution in [0.2, 0.25) is 0 Å². The molecule has 1 heterocycles. The van der Waals surface area contributed by atoms with E-state index in [0.717, 1.165) is 12.6 Å². The third-order valence-electron chi connectivity index (χ3n) is 2.27. The lowest BCUT2D eigenvalue weighted by atomic mass is 10.0. The Hall–Kier alpha value is -0.300. The Morgan fingerprint density at radius 1 is 1.36 bits per heavy atom. The standard InChI is InChI=1S/C10H19N/c1-2-3-4-7-10-8-5-6-9-11-10/h5-6,10-11H,2-4,7-9H2,1H3. The second kappa shape index (κ2) is 5.36. The molecule has 0 aliphatic carbocycles. The third kappa shape index (κ3) is 3.57. The number of hydrogen-bond donors (Lipinski definition) is 1. The van der Waals surface area contributed by atoms with Crippen molar-refractivity contribution in [3.05, 3.63) is 12.2 Å². The maximum atomic E-state index is 3.49. The van der Waals surface area contributed by atoms with Crippen LogP contribution in [0.15, 0.2) is 12.2 Å². The van der Waals surface area contributed by atoms with E-state index in [0.29, 0.717) is 0 Å². The Labute approximate surface area is 69.9 Å². The molecule has 0 aromatic rings. The fourth-order valence-electron chi connectivity index (χ4n) is 1.52. The van der Waals surface area contributed by atoms with Crippen molar-refractivity contribution in [1.29, 1.82) is 0 Å². The number of unbranched alkanes of at least 4 members (excludes halogenated alkanes) is 2. The van der Waals surface area contributed by atoms with Gasteiger partial charge in [0.1, 0.15) is 0 Å². The van der Waals surface area contributed by atoms with Crippen LogP contribution in [0.1, 0.15) is 39.0 Å². The summed E-state index contributed by atoms with van der Waals surface area (Å²) in [6.07, 6.45) is 11.2. The monoisotopic (exact) mass is 153 g/mol. The summed E-state index contributed by atoms with van der Waals surface area (Å²) in [4.78, 5) is 0. The van der Waals surface area contributed by atoms with Gasteiger partial charge in [0.2, 0.25) is 0 Å². The summed E-state index contributed by atoms with van der Waals surface area (Å²) in [5.74, 6) is 0. The van der Waals surface area contributed by atoms with Gasteiger partial charge >= 0.3 is 0 Å². The van der Waals surface area contributed by atoms with Crippen LogP contribution in [0, 0.1) is 0 Å². The Bertz CT molecular complexity index is 118. The first kappa shape index (κ1) is 8.79.